The number of anilines is 1. The maximum atomic E-state index is 12.1. The van der Waals surface area contributed by atoms with E-state index >= 15 is 0 Å². The number of nitrogen functional groups attached to an aromatic ring is 1. The van der Waals surface area contributed by atoms with Crippen molar-refractivity contribution in [1.29, 1.82) is 0 Å². The van der Waals surface area contributed by atoms with E-state index in [9.17, 15) is 9.59 Å². The molecule has 21 heavy (non-hydrogen) atoms. The number of carbonyl (C=O) groups is 2. The van der Waals surface area contributed by atoms with E-state index in [0.29, 0.717) is 0 Å². The van der Waals surface area contributed by atoms with Crippen LogP contribution in [0.4, 0.5) is 5.69 Å². The van der Waals surface area contributed by atoms with Crippen LogP contribution in [0.15, 0.2) is 18.2 Å². The summed E-state index contributed by atoms with van der Waals surface area (Å²) in [6.45, 7) is 1.59. The molecule has 1 saturated carbocycles. The Hall–Kier alpha value is -2.24. The highest BCUT2D eigenvalue weighted by Gasteiger charge is 2.24. The molecule has 1 fully saturated rings. The monoisotopic (exact) mass is 292 g/mol. The molecule has 0 saturated heterocycles. The molecule has 0 bridgehead atoms. The molecule has 1 atom stereocenters. The van der Waals surface area contributed by atoms with Gasteiger partial charge in [-0.25, -0.2) is 4.79 Å². The molecule has 0 aromatic heterocycles. The van der Waals surface area contributed by atoms with Gasteiger partial charge in [0.2, 0.25) is 0 Å². The number of nitrogens with one attached hydrogen (secondary N) is 1. The topological polar surface area (TPSA) is 102 Å². The van der Waals surface area contributed by atoms with Gasteiger partial charge in [0.1, 0.15) is 5.56 Å². The summed E-state index contributed by atoms with van der Waals surface area (Å²) in [7, 11) is 0. The van der Waals surface area contributed by atoms with Gasteiger partial charge >= 0.3 is 5.97 Å². The van der Waals surface area contributed by atoms with E-state index in [-0.39, 0.29) is 28.9 Å². The summed E-state index contributed by atoms with van der Waals surface area (Å²) in [6.07, 6.45) is 3.40. The summed E-state index contributed by atoms with van der Waals surface area (Å²) in [5.74, 6) is -1.35. The van der Waals surface area contributed by atoms with E-state index in [0.717, 1.165) is 25.7 Å². The fourth-order valence-corrected chi connectivity index (χ4v) is 2.47. The number of para-hydroxylation sites is 1. The maximum absolute atomic E-state index is 12.1. The third-order valence-electron chi connectivity index (χ3n) is 3.64. The quantitative estimate of drug-likeness (QED) is 0.718. The van der Waals surface area contributed by atoms with Crippen LogP contribution in [0, 0.1) is 0 Å². The Morgan fingerprint density at radius 3 is 2.67 bits per heavy atom. The van der Waals surface area contributed by atoms with Gasteiger partial charge in [-0.05, 0) is 31.9 Å². The smallest absolute Gasteiger partial charge is 0.339 e. The molecule has 0 spiro atoms. The molecular formula is C15H20N2O4. The van der Waals surface area contributed by atoms with E-state index < -0.39 is 12.1 Å². The number of benzene rings is 1. The number of aromatic carboxylic acids is 1. The minimum atomic E-state index is -1.14. The summed E-state index contributed by atoms with van der Waals surface area (Å²) < 4.78 is 5.49. The van der Waals surface area contributed by atoms with Gasteiger partial charge in [-0.3, -0.25) is 4.79 Å². The number of carboxylic acids is 1. The molecule has 1 amide bonds. The van der Waals surface area contributed by atoms with E-state index in [1.807, 2.05) is 0 Å². The fraction of sp³-hybridized carbons (Fsp3) is 0.467. The summed E-state index contributed by atoms with van der Waals surface area (Å²) >= 11 is 0. The average molecular weight is 292 g/mol. The van der Waals surface area contributed by atoms with Gasteiger partial charge in [-0.15, -0.1) is 0 Å². The van der Waals surface area contributed by atoms with Gasteiger partial charge in [-0.1, -0.05) is 18.9 Å². The van der Waals surface area contributed by atoms with Gasteiger partial charge < -0.3 is 20.9 Å². The van der Waals surface area contributed by atoms with Crippen molar-refractivity contribution in [3.8, 4) is 5.75 Å². The Morgan fingerprint density at radius 1 is 1.38 bits per heavy atom. The fourth-order valence-electron chi connectivity index (χ4n) is 2.47. The Labute approximate surface area is 123 Å². The Kier molecular flexibility index (Phi) is 4.67. The van der Waals surface area contributed by atoms with Gasteiger partial charge in [0, 0.05) is 6.04 Å². The normalized spacial score (nSPS) is 16.4. The minimum absolute atomic E-state index is 0.0408. The SMILES string of the molecule is CC(Oc1c(N)cccc1C(=O)O)C(=O)NC1CCCC1. The molecule has 0 heterocycles. The molecule has 114 valence electrons. The molecule has 4 N–H and O–H groups in total. The van der Waals surface area contributed by atoms with Gasteiger partial charge in [0.25, 0.3) is 5.91 Å². The molecule has 1 aliphatic rings. The second-order valence-corrected chi connectivity index (χ2v) is 5.28. The number of rotatable bonds is 5. The van der Waals surface area contributed by atoms with Crippen molar-refractivity contribution in [2.75, 3.05) is 5.73 Å². The van der Waals surface area contributed by atoms with Crippen molar-refractivity contribution in [3.05, 3.63) is 23.8 Å². The highest BCUT2D eigenvalue weighted by Crippen LogP contribution is 2.27. The van der Waals surface area contributed by atoms with Crippen LogP contribution < -0.4 is 15.8 Å². The lowest BCUT2D eigenvalue weighted by Crippen LogP contribution is -2.41. The summed E-state index contributed by atoms with van der Waals surface area (Å²) in [5, 5.41) is 12.1. The van der Waals surface area contributed by atoms with Crippen molar-refractivity contribution >= 4 is 17.6 Å². The first-order valence-corrected chi connectivity index (χ1v) is 7.08. The number of amides is 1. The van der Waals surface area contributed by atoms with Gasteiger partial charge in [0.05, 0.1) is 5.69 Å². The zero-order valence-electron chi connectivity index (χ0n) is 12.0. The summed E-state index contributed by atoms with van der Waals surface area (Å²) in [5.41, 5.74) is 5.91. The third-order valence-corrected chi connectivity index (χ3v) is 3.64. The predicted octanol–water partition coefficient (Wildman–Crippen LogP) is 1.79. The van der Waals surface area contributed by atoms with Crippen molar-refractivity contribution in [2.24, 2.45) is 0 Å². The van der Waals surface area contributed by atoms with Crippen LogP contribution in [0.2, 0.25) is 0 Å². The standard InChI is InChI=1S/C15H20N2O4/c1-9(14(18)17-10-5-2-3-6-10)21-13-11(15(19)20)7-4-8-12(13)16/h4,7-10H,2-3,5-6,16H2,1H3,(H,17,18)(H,19,20). The molecule has 1 aromatic rings. The van der Waals surface area contributed by atoms with E-state index in [1.54, 1.807) is 13.0 Å². The largest absolute Gasteiger partial charge is 0.478 e. The van der Waals surface area contributed by atoms with Crippen LogP contribution >= 0.6 is 0 Å². The van der Waals surface area contributed by atoms with Crippen LogP contribution in [0.3, 0.4) is 0 Å². The molecule has 6 nitrogen and oxygen atoms in total. The van der Waals surface area contributed by atoms with Crippen molar-refractivity contribution in [1.82, 2.24) is 5.32 Å². The van der Waals surface area contributed by atoms with Gasteiger partial charge in [0.15, 0.2) is 11.9 Å². The van der Waals surface area contributed by atoms with Crippen molar-refractivity contribution in [2.45, 2.75) is 44.8 Å². The summed E-state index contributed by atoms with van der Waals surface area (Å²) in [6, 6.07) is 4.67. The highest BCUT2D eigenvalue weighted by molar-refractivity contribution is 5.93. The van der Waals surface area contributed by atoms with Crippen molar-refractivity contribution in [3.63, 3.8) is 0 Å². The molecule has 1 aromatic carbocycles. The second kappa shape index (κ2) is 6.47. The average Bonchev–Trinajstić information content (AvgIpc) is 2.93. The van der Waals surface area contributed by atoms with E-state index in [4.69, 9.17) is 15.6 Å². The second-order valence-electron chi connectivity index (χ2n) is 5.28. The number of carbonyl (C=O) groups excluding carboxylic acids is 1. The minimum Gasteiger partial charge on any atom is -0.478 e. The van der Waals surface area contributed by atoms with Crippen LogP contribution in [-0.2, 0) is 4.79 Å². The maximum Gasteiger partial charge on any atom is 0.339 e. The number of carboxylic acid groups (broad SMARTS) is 1. The Balaban J connectivity index is 2.06. The molecule has 1 aliphatic carbocycles. The number of ether oxygens (including phenoxy) is 1. The first-order chi connectivity index (χ1) is 9.99. The predicted molar refractivity (Wildman–Crippen MR) is 78.3 cm³/mol. The van der Waals surface area contributed by atoms with Crippen molar-refractivity contribution < 1.29 is 19.4 Å². The molecule has 2 rings (SSSR count). The lowest BCUT2D eigenvalue weighted by molar-refractivity contribution is -0.127. The number of nitrogens with two attached hydrogens (primary N) is 1. The molecule has 0 aliphatic heterocycles. The van der Waals surface area contributed by atoms with E-state index in [2.05, 4.69) is 5.32 Å². The Bertz CT molecular complexity index is 538. The highest BCUT2D eigenvalue weighted by atomic mass is 16.5. The van der Waals surface area contributed by atoms with Crippen LogP contribution in [0.5, 0.6) is 5.75 Å². The van der Waals surface area contributed by atoms with Crippen LogP contribution in [0.25, 0.3) is 0 Å². The number of hydrogen-bond donors (Lipinski definition) is 3. The molecule has 6 heteroatoms. The van der Waals surface area contributed by atoms with Crippen LogP contribution in [0.1, 0.15) is 43.0 Å². The molecule has 1 unspecified atom stereocenters. The first-order valence-electron chi connectivity index (χ1n) is 7.08. The molecule has 0 radical (unpaired) electrons. The van der Waals surface area contributed by atoms with Crippen LogP contribution in [-0.4, -0.2) is 29.1 Å². The zero-order chi connectivity index (χ0) is 15.4. The lowest BCUT2D eigenvalue weighted by Gasteiger charge is -2.19. The summed E-state index contributed by atoms with van der Waals surface area (Å²) in [4.78, 5) is 23.2. The third kappa shape index (κ3) is 3.65. The zero-order valence-corrected chi connectivity index (χ0v) is 12.0. The first kappa shape index (κ1) is 15.2. The van der Waals surface area contributed by atoms with E-state index in [1.165, 1.54) is 12.1 Å². The number of hydrogen-bond acceptors (Lipinski definition) is 4. The van der Waals surface area contributed by atoms with Gasteiger partial charge in [-0.2, -0.15) is 0 Å². The molecular weight excluding hydrogens is 272 g/mol. The Morgan fingerprint density at radius 2 is 2.05 bits per heavy atom. The lowest BCUT2D eigenvalue weighted by atomic mass is 10.1.